The Kier molecular flexibility index (Phi) is 6.58. The molecular weight excluding hydrogens is 160 g/mol. The van der Waals surface area contributed by atoms with Crippen LogP contribution in [-0.4, -0.2) is 43.8 Å². The molecule has 1 heterocycles. The molecular formula is C6H16N4O2. The van der Waals surface area contributed by atoms with E-state index in [4.69, 9.17) is 5.21 Å². The van der Waals surface area contributed by atoms with E-state index in [1.54, 1.807) is 5.48 Å². The van der Waals surface area contributed by atoms with Crippen LogP contribution in [0.4, 0.5) is 0 Å². The summed E-state index contributed by atoms with van der Waals surface area (Å²) in [4.78, 5) is 10.7. The van der Waals surface area contributed by atoms with Crippen LogP contribution in [0.5, 0.6) is 0 Å². The van der Waals surface area contributed by atoms with Gasteiger partial charge in [0.05, 0.1) is 0 Å². The van der Waals surface area contributed by atoms with Gasteiger partial charge in [0, 0.05) is 19.6 Å². The van der Waals surface area contributed by atoms with Crippen molar-refractivity contribution in [2.45, 2.75) is 6.04 Å². The van der Waals surface area contributed by atoms with Crippen LogP contribution in [0.3, 0.4) is 0 Å². The van der Waals surface area contributed by atoms with Gasteiger partial charge in [-0.05, 0) is 7.05 Å². The van der Waals surface area contributed by atoms with E-state index < -0.39 is 0 Å². The minimum atomic E-state index is -0.382. The molecule has 6 heteroatoms. The molecule has 1 atom stereocenters. The first-order valence-corrected chi connectivity index (χ1v) is 3.80. The zero-order chi connectivity index (χ0) is 9.40. The van der Waals surface area contributed by atoms with Crippen molar-refractivity contribution in [1.29, 1.82) is 0 Å². The number of piperazine rings is 1. The van der Waals surface area contributed by atoms with Crippen LogP contribution in [0, 0.1) is 0 Å². The number of amides is 1. The zero-order valence-electron chi connectivity index (χ0n) is 7.13. The predicted molar refractivity (Wildman–Crippen MR) is 44.7 cm³/mol. The van der Waals surface area contributed by atoms with Crippen LogP contribution >= 0.6 is 0 Å². The largest absolute Gasteiger partial charge is 0.333 e. The van der Waals surface area contributed by atoms with Crippen molar-refractivity contribution in [1.82, 2.24) is 16.1 Å². The zero-order valence-corrected chi connectivity index (χ0v) is 7.13. The van der Waals surface area contributed by atoms with Crippen LogP contribution in [0.15, 0.2) is 0 Å². The number of carbonyl (C=O) groups is 1. The molecule has 72 valence electrons. The average Bonchev–Trinajstić information content (AvgIpc) is 2.21. The van der Waals surface area contributed by atoms with Gasteiger partial charge in [-0.25, -0.2) is 5.48 Å². The monoisotopic (exact) mass is 176 g/mol. The lowest BCUT2D eigenvalue weighted by molar-refractivity contribution is -0.131. The minimum absolute atomic E-state index is 0.293. The summed E-state index contributed by atoms with van der Waals surface area (Å²) in [5, 5.41) is 14.2. The lowest BCUT2D eigenvalue weighted by atomic mass is 10.2. The van der Waals surface area contributed by atoms with Crippen molar-refractivity contribution in [3.8, 4) is 0 Å². The Morgan fingerprint density at radius 1 is 1.58 bits per heavy atom. The van der Waals surface area contributed by atoms with Crippen molar-refractivity contribution in [3.05, 3.63) is 0 Å². The molecule has 1 saturated heterocycles. The normalized spacial score (nSPS) is 22.1. The number of nitrogens with two attached hydrogens (primary N) is 1. The van der Waals surface area contributed by atoms with Crippen LogP contribution in [0.25, 0.3) is 0 Å². The van der Waals surface area contributed by atoms with E-state index in [1.807, 2.05) is 0 Å². The van der Waals surface area contributed by atoms with Crippen LogP contribution < -0.4 is 21.8 Å². The van der Waals surface area contributed by atoms with Gasteiger partial charge >= 0.3 is 0 Å². The third-order valence-electron chi connectivity index (χ3n) is 1.47. The van der Waals surface area contributed by atoms with Crippen molar-refractivity contribution < 1.29 is 10.0 Å². The Labute approximate surface area is 71.5 Å². The lowest BCUT2D eigenvalue weighted by Gasteiger charge is -2.21. The summed E-state index contributed by atoms with van der Waals surface area (Å²) in [5.41, 5.74) is 6.09. The van der Waals surface area contributed by atoms with Gasteiger partial charge in [-0.3, -0.25) is 10.0 Å². The fourth-order valence-electron chi connectivity index (χ4n) is 0.917. The molecule has 0 aromatic rings. The smallest absolute Gasteiger partial charge is 0.261 e. The van der Waals surface area contributed by atoms with E-state index >= 15 is 0 Å². The maximum atomic E-state index is 10.7. The molecule has 1 rings (SSSR count). The Morgan fingerprint density at radius 3 is 2.67 bits per heavy atom. The van der Waals surface area contributed by atoms with Gasteiger partial charge in [-0.1, -0.05) is 0 Å². The molecule has 0 bridgehead atoms. The maximum absolute atomic E-state index is 10.7. The number of rotatable bonds is 1. The summed E-state index contributed by atoms with van der Waals surface area (Å²) in [5.74, 6) is -0.382. The summed E-state index contributed by atoms with van der Waals surface area (Å²) in [6, 6.07) is -0.293. The Balaban J connectivity index is 0.000000561. The molecule has 1 aliphatic heterocycles. The molecule has 0 aromatic carbocycles. The molecule has 6 nitrogen and oxygen atoms in total. The first kappa shape index (κ1) is 11.3. The lowest BCUT2D eigenvalue weighted by Crippen LogP contribution is -2.55. The van der Waals surface area contributed by atoms with Gasteiger partial charge in [0.2, 0.25) is 0 Å². The summed E-state index contributed by atoms with van der Waals surface area (Å²) >= 11 is 0. The van der Waals surface area contributed by atoms with Gasteiger partial charge in [0.15, 0.2) is 0 Å². The minimum Gasteiger partial charge on any atom is -0.333 e. The fourth-order valence-corrected chi connectivity index (χ4v) is 0.917. The van der Waals surface area contributed by atoms with Gasteiger partial charge in [0.1, 0.15) is 6.04 Å². The van der Waals surface area contributed by atoms with Gasteiger partial charge in [-0.15, -0.1) is 0 Å². The third-order valence-corrected chi connectivity index (χ3v) is 1.47. The number of hydrogen-bond acceptors (Lipinski definition) is 5. The van der Waals surface area contributed by atoms with E-state index in [9.17, 15) is 4.79 Å². The number of carbonyl (C=O) groups excluding carboxylic acids is 1. The summed E-state index contributed by atoms with van der Waals surface area (Å²) < 4.78 is 0. The Morgan fingerprint density at radius 2 is 2.25 bits per heavy atom. The molecule has 1 aliphatic rings. The second kappa shape index (κ2) is 6.99. The van der Waals surface area contributed by atoms with E-state index in [2.05, 4.69) is 16.4 Å². The average molecular weight is 176 g/mol. The van der Waals surface area contributed by atoms with Gasteiger partial charge in [-0.2, -0.15) is 0 Å². The molecule has 12 heavy (non-hydrogen) atoms. The quantitative estimate of drug-likeness (QED) is 0.227. The summed E-state index contributed by atoms with van der Waals surface area (Å²) in [6.45, 7) is 2.21. The first-order valence-electron chi connectivity index (χ1n) is 3.80. The molecule has 1 fully saturated rings. The first-order chi connectivity index (χ1) is 5.84. The second-order valence-corrected chi connectivity index (χ2v) is 2.19. The molecule has 0 radical (unpaired) electrons. The highest BCUT2D eigenvalue weighted by Crippen LogP contribution is 1.85. The second-order valence-electron chi connectivity index (χ2n) is 2.19. The van der Waals surface area contributed by atoms with Gasteiger partial charge < -0.3 is 16.4 Å². The molecule has 0 aromatic heterocycles. The molecule has 0 spiro atoms. The highest BCUT2D eigenvalue weighted by Gasteiger charge is 2.18. The number of hydrogen-bond donors (Lipinski definition) is 5. The van der Waals surface area contributed by atoms with Crippen molar-refractivity contribution in [2.24, 2.45) is 5.73 Å². The van der Waals surface area contributed by atoms with E-state index in [0.717, 1.165) is 13.1 Å². The highest BCUT2D eigenvalue weighted by molar-refractivity contribution is 5.80. The molecule has 1 amide bonds. The van der Waals surface area contributed by atoms with E-state index in [1.165, 1.54) is 7.05 Å². The van der Waals surface area contributed by atoms with E-state index in [0.29, 0.717) is 6.54 Å². The van der Waals surface area contributed by atoms with Crippen molar-refractivity contribution in [3.63, 3.8) is 0 Å². The van der Waals surface area contributed by atoms with Crippen LogP contribution in [0.1, 0.15) is 0 Å². The number of hydroxylamine groups is 1. The standard InChI is InChI=1S/C5H11N3O2.CH5N/c9-5(8-10)4-3-6-1-2-7-4;1-2/h4,6-7,10H,1-3H2,(H,8,9);2H2,1H3. The molecule has 6 N–H and O–H groups in total. The van der Waals surface area contributed by atoms with Crippen molar-refractivity contribution >= 4 is 5.91 Å². The Hall–Kier alpha value is -0.690. The van der Waals surface area contributed by atoms with E-state index in [-0.39, 0.29) is 11.9 Å². The number of nitrogens with one attached hydrogen (secondary N) is 3. The Bertz CT molecular complexity index is 125. The summed E-state index contributed by atoms with van der Waals surface area (Å²) in [7, 11) is 1.50. The molecule has 1 unspecified atom stereocenters. The highest BCUT2D eigenvalue weighted by atomic mass is 16.5. The predicted octanol–water partition coefficient (Wildman–Crippen LogP) is -2.37. The van der Waals surface area contributed by atoms with Gasteiger partial charge in [0.25, 0.3) is 5.91 Å². The third kappa shape index (κ3) is 3.63. The fraction of sp³-hybridized carbons (Fsp3) is 0.833. The van der Waals surface area contributed by atoms with Crippen LogP contribution in [0.2, 0.25) is 0 Å². The van der Waals surface area contributed by atoms with Crippen LogP contribution in [-0.2, 0) is 4.79 Å². The SMILES string of the molecule is CN.O=C(NO)C1CNCCN1. The molecule has 0 saturated carbocycles. The van der Waals surface area contributed by atoms with Crippen molar-refractivity contribution in [2.75, 3.05) is 26.7 Å². The summed E-state index contributed by atoms with van der Waals surface area (Å²) in [6.07, 6.45) is 0. The maximum Gasteiger partial charge on any atom is 0.261 e. The molecule has 0 aliphatic carbocycles. The topological polar surface area (TPSA) is 99.4 Å².